The van der Waals surface area contributed by atoms with Crippen molar-refractivity contribution in [2.45, 2.75) is 182 Å². The lowest BCUT2D eigenvalue weighted by atomic mass is 9.93. The number of aromatic nitrogens is 4. The van der Waals surface area contributed by atoms with E-state index in [2.05, 4.69) is 29.1 Å². The van der Waals surface area contributed by atoms with Gasteiger partial charge in [-0.15, -0.1) is 0 Å². The Morgan fingerprint density at radius 3 is 1.52 bits per heavy atom. The number of esters is 2. The first-order valence-corrected chi connectivity index (χ1v) is 22.4. The topological polar surface area (TPSA) is 247 Å². The number of nitrogens with one attached hydrogen (secondary N) is 1. The van der Waals surface area contributed by atoms with Gasteiger partial charge in [-0.2, -0.15) is 9.97 Å². The molecule has 2 fully saturated rings. The minimum Gasteiger partial charge on any atom is -0.457 e. The van der Waals surface area contributed by atoms with Crippen LogP contribution >= 0.6 is 11.6 Å². The monoisotopic (exact) mass is 942 g/mol. The molecule has 2 aliphatic rings. The average Bonchev–Trinajstić information content (AvgIpc) is 3.66. The molecule has 0 bridgehead atoms. The molecule has 18 nitrogen and oxygen atoms in total. The lowest BCUT2D eigenvalue weighted by Gasteiger charge is -2.23. The smallest absolute Gasteiger partial charge is 0.351 e. The Morgan fingerprint density at radius 2 is 1.11 bits per heavy atom. The van der Waals surface area contributed by atoms with E-state index in [0.29, 0.717) is 12.8 Å². The minimum absolute atomic E-state index is 0.0761. The number of anilines is 2. The Balaban J connectivity index is 0.000000382. The van der Waals surface area contributed by atoms with Crippen LogP contribution in [0.1, 0.15) is 158 Å². The zero-order valence-corrected chi connectivity index (χ0v) is 39.3. The fourth-order valence-corrected chi connectivity index (χ4v) is 7.54. The third-order valence-electron chi connectivity index (χ3n) is 10.6. The highest BCUT2D eigenvalue weighted by atomic mass is 35.5. The molecule has 2 saturated heterocycles. The van der Waals surface area contributed by atoms with Gasteiger partial charge in [0, 0.05) is 51.4 Å². The summed E-state index contributed by atoms with van der Waals surface area (Å²) in [6.07, 6.45) is 8.23. The Kier molecular flexibility index (Phi) is 24.3. The van der Waals surface area contributed by atoms with Crippen molar-refractivity contribution in [1.29, 1.82) is 0 Å². The fraction of sp³-hybridized carbons (Fsp3) is 0.682. The first-order valence-electron chi connectivity index (χ1n) is 22.1. The Hall–Kier alpha value is -4.95. The molecule has 0 spiro atoms. The summed E-state index contributed by atoms with van der Waals surface area (Å²) >= 11 is 5.15. The number of Topliss-reactive ketones (excluding diaryl/α,β-unsaturated/α-hetero) is 2. The zero-order chi connectivity index (χ0) is 49.0. The van der Waals surface area contributed by atoms with Crippen LogP contribution in [0.2, 0.25) is 0 Å². The minimum atomic E-state index is -1.14. The van der Waals surface area contributed by atoms with Crippen LogP contribution in [0, 0.1) is 23.5 Å². The van der Waals surface area contributed by atoms with Crippen molar-refractivity contribution in [3.05, 3.63) is 45.0 Å². The highest BCUT2D eigenvalue weighted by Gasteiger charge is 2.48. The number of hydrogen-bond donors (Lipinski definition) is 2. The number of halogens is 3. The number of rotatable bonds is 21. The molecule has 0 aliphatic carbocycles. The number of carbonyl (C=O) groups is 6. The van der Waals surface area contributed by atoms with Crippen LogP contribution in [0.15, 0.2) is 22.0 Å². The molecule has 8 atom stereocenters. The molecule has 2 aliphatic heterocycles. The molecule has 364 valence electrons. The van der Waals surface area contributed by atoms with Crippen molar-refractivity contribution in [2.24, 2.45) is 11.8 Å². The van der Waals surface area contributed by atoms with E-state index in [1.807, 2.05) is 0 Å². The number of unbranched alkanes of at least 4 members (excludes halogenated alkanes) is 8. The summed E-state index contributed by atoms with van der Waals surface area (Å²) in [6.45, 7) is 12.9. The molecule has 2 aromatic rings. The quantitative estimate of drug-likeness (QED) is 0.0756. The van der Waals surface area contributed by atoms with Gasteiger partial charge in [0.05, 0.1) is 24.6 Å². The molecule has 0 saturated carbocycles. The summed E-state index contributed by atoms with van der Waals surface area (Å²) in [5.74, 6) is -5.62. The maximum atomic E-state index is 14.7. The fourth-order valence-electron chi connectivity index (χ4n) is 7.41. The maximum Gasteiger partial charge on any atom is 0.351 e. The molecular formula is C44H65ClF2N6O12. The number of ether oxygens (including phenoxy) is 4. The van der Waals surface area contributed by atoms with Gasteiger partial charge in [-0.3, -0.25) is 28.3 Å². The standard InChI is InChI=1S/C22H32FN3O6.C14H18FN3O5.C8H15ClO/c1-5-6-7-8-9-10-18(29)24-20-17(23)12-26(22(30)25-20)21-19(32-15(4)28)16(11-13(2)27)14(3)31-21;1-6(19)4-9-7(2)22-13(11(9)23-8(3)20)18-5-10(15)12(16)17-14(18)21;1-2-3-4-5-6-7-8(9)10/h12,14,16,19,21H,5-11H2,1-4H3,(H,24,25,29,30);5,7,9,11,13H,4H2,1-3H3,(H2,16,17,21);2-7H2,1H3/t14-,16-,19-,21-;7-,9-,11-,13-;/m11./s1. The second-order valence-corrected chi connectivity index (χ2v) is 16.7. The van der Waals surface area contributed by atoms with Crippen LogP contribution in [0.5, 0.6) is 0 Å². The highest BCUT2D eigenvalue weighted by molar-refractivity contribution is 6.63. The SMILES string of the molecule is CC(=O)C[C@H]1[C@@H](OC(C)=O)[C@H](n2cc(F)c(N)nc2=O)O[C@@H]1C.CCCCCCCC(=O)Cl.CCCCCCCC(=O)Nc1nc(=O)n([C@@H]2O[C@H](C)[C@@H](CC(C)=O)[C@H]2OC(C)=O)cc1F. The highest BCUT2D eigenvalue weighted by Crippen LogP contribution is 2.39. The van der Waals surface area contributed by atoms with Gasteiger partial charge < -0.3 is 39.6 Å². The summed E-state index contributed by atoms with van der Waals surface area (Å²) in [5.41, 5.74) is 3.55. The molecule has 0 radical (unpaired) electrons. The van der Waals surface area contributed by atoms with E-state index >= 15 is 0 Å². The van der Waals surface area contributed by atoms with Crippen molar-refractivity contribution in [3.8, 4) is 0 Å². The van der Waals surface area contributed by atoms with Crippen LogP contribution in [0.4, 0.5) is 20.4 Å². The van der Waals surface area contributed by atoms with Crippen molar-refractivity contribution in [2.75, 3.05) is 11.1 Å². The number of amides is 1. The predicted molar refractivity (Wildman–Crippen MR) is 235 cm³/mol. The van der Waals surface area contributed by atoms with Gasteiger partial charge in [-0.1, -0.05) is 65.2 Å². The normalized spacial score (nSPS) is 22.1. The third-order valence-corrected chi connectivity index (χ3v) is 10.8. The van der Waals surface area contributed by atoms with Crippen LogP contribution in [0.3, 0.4) is 0 Å². The molecule has 2 aromatic heterocycles. The lowest BCUT2D eigenvalue weighted by Crippen LogP contribution is -2.37. The largest absolute Gasteiger partial charge is 0.457 e. The number of hydrogen-bond acceptors (Lipinski definition) is 15. The second kappa shape index (κ2) is 28.2. The summed E-state index contributed by atoms with van der Waals surface area (Å²) < 4.78 is 52.0. The molecule has 1 amide bonds. The van der Waals surface area contributed by atoms with Crippen LogP contribution in [0.25, 0.3) is 0 Å². The maximum absolute atomic E-state index is 14.7. The Labute approximate surface area is 382 Å². The van der Waals surface area contributed by atoms with Crippen LogP contribution in [-0.2, 0) is 47.7 Å². The molecule has 65 heavy (non-hydrogen) atoms. The van der Waals surface area contributed by atoms with Gasteiger partial charge in [-0.05, 0) is 52.1 Å². The van der Waals surface area contributed by atoms with Crippen LogP contribution < -0.4 is 22.4 Å². The Bertz CT molecular complexity index is 2050. The van der Waals surface area contributed by atoms with Gasteiger partial charge >= 0.3 is 23.3 Å². The molecule has 3 N–H and O–H groups in total. The van der Waals surface area contributed by atoms with Gasteiger partial charge in [-0.25, -0.2) is 18.4 Å². The van der Waals surface area contributed by atoms with Gasteiger partial charge in [0.15, 0.2) is 47.9 Å². The number of nitrogen functional groups attached to an aromatic ring is 1. The average molecular weight is 943 g/mol. The molecule has 21 heteroatoms. The first kappa shape index (κ1) is 56.2. The van der Waals surface area contributed by atoms with Gasteiger partial charge in [0.1, 0.15) is 11.6 Å². The van der Waals surface area contributed by atoms with Crippen molar-refractivity contribution in [3.63, 3.8) is 0 Å². The van der Waals surface area contributed by atoms with Crippen LogP contribution in [-0.4, -0.2) is 78.2 Å². The van der Waals surface area contributed by atoms with Gasteiger partial charge in [0.25, 0.3) is 0 Å². The van der Waals surface area contributed by atoms with E-state index in [-0.39, 0.29) is 36.1 Å². The number of carbonyl (C=O) groups excluding carboxylic acids is 6. The number of ketones is 2. The number of nitrogens with zero attached hydrogens (tertiary/aromatic N) is 4. The van der Waals surface area contributed by atoms with Gasteiger partial charge in [0.2, 0.25) is 11.1 Å². The molecular weight excluding hydrogens is 878 g/mol. The van der Waals surface area contributed by atoms with Crippen molar-refractivity contribution in [1.82, 2.24) is 19.1 Å². The molecule has 4 heterocycles. The molecule has 0 unspecified atom stereocenters. The van der Waals surface area contributed by atoms with E-state index < -0.39 is 101 Å². The second-order valence-electron chi connectivity index (χ2n) is 16.3. The van der Waals surface area contributed by atoms with Crippen molar-refractivity contribution < 1.29 is 56.5 Å². The first-order chi connectivity index (χ1) is 30.6. The summed E-state index contributed by atoms with van der Waals surface area (Å²) in [6, 6.07) is 0. The predicted octanol–water partition coefficient (Wildman–Crippen LogP) is 6.65. The number of nitrogens with two attached hydrogens (primary N) is 1. The Morgan fingerprint density at radius 1 is 0.692 bits per heavy atom. The summed E-state index contributed by atoms with van der Waals surface area (Å²) in [4.78, 5) is 99.9. The van der Waals surface area contributed by atoms with Crippen molar-refractivity contribution >= 4 is 57.9 Å². The zero-order valence-electron chi connectivity index (χ0n) is 38.6. The van der Waals surface area contributed by atoms with E-state index in [1.165, 1.54) is 47.0 Å². The summed E-state index contributed by atoms with van der Waals surface area (Å²) in [5, 5.41) is 2.14. The summed E-state index contributed by atoms with van der Waals surface area (Å²) in [7, 11) is 0. The van der Waals surface area contributed by atoms with E-state index in [1.54, 1.807) is 13.8 Å². The van der Waals surface area contributed by atoms with E-state index in [4.69, 9.17) is 36.3 Å². The lowest BCUT2D eigenvalue weighted by molar-refractivity contribution is -0.155. The van der Waals surface area contributed by atoms with E-state index in [0.717, 1.165) is 60.1 Å². The molecule has 4 rings (SSSR count). The van der Waals surface area contributed by atoms with E-state index in [9.17, 15) is 47.1 Å². The third kappa shape index (κ3) is 18.8. The molecule has 0 aromatic carbocycles.